The van der Waals surface area contributed by atoms with Crippen molar-refractivity contribution in [3.8, 4) is 5.82 Å². The minimum atomic E-state index is 0.847. The summed E-state index contributed by atoms with van der Waals surface area (Å²) in [7, 11) is 0. The molecule has 2 heterocycles. The van der Waals surface area contributed by atoms with Crippen LogP contribution in [0, 0.1) is 0 Å². The molecule has 90 valence electrons. The average molecular weight is 245 g/mol. The number of aromatic nitrogens is 3. The van der Waals surface area contributed by atoms with Crippen molar-refractivity contribution in [1.29, 1.82) is 0 Å². The van der Waals surface area contributed by atoms with Crippen LogP contribution in [0.5, 0.6) is 0 Å². The summed E-state index contributed by atoms with van der Waals surface area (Å²) in [5, 5.41) is 2.48. The standard InChI is InChI=1S/C16H11N3/c1-3-7-14-12(5-1)13-6-2-4-8-15(13)19(14)16-11-17-9-10-18-16/h1-11H. The second-order valence-electron chi connectivity index (χ2n) is 4.43. The van der Waals surface area contributed by atoms with E-state index in [1.165, 1.54) is 10.8 Å². The Bertz CT molecular complexity index is 810. The van der Waals surface area contributed by atoms with Gasteiger partial charge in [0, 0.05) is 23.2 Å². The van der Waals surface area contributed by atoms with Gasteiger partial charge < -0.3 is 0 Å². The van der Waals surface area contributed by atoms with Crippen LogP contribution in [0.3, 0.4) is 0 Å². The molecule has 0 saturated heterocycles. The van der Waals surface area contributed by atoms with E-state index >= 15 is 0 Å². The Morgan fingerprint density at radius 1 is 0.737 bits per heavy atom. The van der Waals surface area contributed by atoms with Crippen LogP contribution in [0.25, 0.3) is 27.6 Å². The van der Waals surface area contributed by atoms with E-state index in [2.05, 4.69) is 50.9 Å². The molecule has 0 saturated carbocycles. The Morgan fingerprint density at radius 2 is 1.37 bits per heavy atom. The first-order valence-corrected chi connectivity index (χ1v) is 6.20. The lowest BCUT2D eigenvalue weighted by Gasteiger charge is -2.04. The third-order valence-corrected chi connectivity index (χ3v) is 3.36. The van der Waals surface area contributed by atoms with Crippen LogP contribution in [0.2, 0.25) is 0 Å². The molecule has 0 aliphatic carbocycles. The molecule has 4 aromatic rings. The highest BCUT2D eigenvalue weighted by atomic mass is 15.1. The molecule has 0 aliphatic rings. The van der Waals surface area contributed by atoms with Crippen LogP contribution in [-0.2, 0) is 0 Å². The maximum absolute atomic E-state index is 4.42. The quantitative estimate of drug-likeness (QED) is 0.513. The number of hydrogen-bond acceptors (Lipinski definition) is 2. The van der Waals surface area contributed by atoms with Gasteiger partial charge in [0.15, 0.2) is 5.82 Å². The van der Waals surface area contributed by atoms with Gasteiger partial charge >= 0.3 is 0 Å². The minimum Gasteiger partial charge on any atom is -0.293 e. The van der Waals surface area contributed by atoms with Gasteiger partial charge in [-0.1, -0.05) is 36.4 Å². The maximum Gasteiger partial charge on any atom is 0.156 e. The zero-order valence-corrected chi connectivity index (χ0v) is 10.2. The summed E-state index contributed by atoms with van der Waals surface area (Å²) in [6, 6.07) is 16.7. The zero-order valence-electron chi connectivity index (χ0n) is 10.2. The Morgan fingerprint density at radius 3 is 1.95 bits per heavy atom. The van der Waals surface area contributed by atoms with Gasteiger partial charge in [-0.15, -0.1) is 0 Å². The molecule has 0 spiro atoms. The van der Waals surface area contributed by atoms with E-state index in [0.29, 0.717) is 0 Å². The first kappa shape index (κ1) is 10.3. The highest BCUT2D eigenvalue weighted by Crippen LogP contribution is 2.30. The summed E-state index contributed by atoms with van der Waals surface area (Å²) in [5.74, 6) is 0.847. The summed E-state index contributed by atoms with van der Waals surface area (Å²) in [5.41, 5.74) is 2.31. The molecule has 19 heavy (non-hydrogen) atoms. The van der Waals surface area contributed by atoms with Gasteiger partial charge in [0.25, 0.3) is 0 Å². The van der Waals surface area contributed by atoms with E-state index in [4.69, 9.17) is 0 Å². The lowest BCUT2D eigenvalue weighted by Crippen LogP contribution is -1.96. The number of fused-ring (bicyclic) bond motifs is 3. The number of nitrogens with zero attached hydrogens (tertiary/aromatic N) is 3. The predicted molar refractivity (Wildman–Crippen MR) is 76.4 cm³/mol. The van der Waals surface area contributed by atoms with Crippen molar-refractivity contribution in [3.63, 3.8) is 0 Å². The van der Waals surface area contributed by atoms with Crippen molar-refractivity contribution < 1.29 is 0 Å². The summed E-state index contributed by atoms with van der Waals surface area (Å²) >= 11 is 0. The number of benzene rings is 2. The van der Waals surface area contributed by atoms with Gasteiger partial charge in [0.2, 0.25) is 0 Å². The summed E-state index contributed by atoms with van der Waals surface area (Å²) in [6.07, 6.45) is 5.20. The van der Waals surface area contributed by atoms with Crippen LogP contribution in [-0.4, -0.2) is 14.5 Å². The van der Waals surface area contributed by atoms with Gasteiger partial charge in [0.1, 0.15) is 0 Å². The van der Waals surface area contributed by atoms with Crippen molar-refractivity contribution in [2.45, 2.75) is 0 Å². The molecule has 2 aromatic carbocycles. The monoisotopic (exact) mass is 245 g/mol. The fourth-order valence-electron chi connectivity index (χ4n) is 2.58. The third kappa shape index (κ3) is 1.45. The number of rotatable bonds is 1. The van der Waals surface area contributed by atoms with Gasteiger partial charge in [-0.3, -0.25) is 9.55 Å². The largest absolute Gasteiger partial charge is 0.293 e. The summed E-state index contributed by atoms with van der Waals surface area (Å²) in [4.78, 5) is 8.59. The van der Waals surface area contributed by atoms with Crippen LogP contribution < -0.4 is 0 Å². The molecule has 0 fully saturated rings. The molecule has 4 rings (SSSR count). The van der Waals surface area contributed by atoms with E-state index in [1.54, 1.807) is 18.6 Å². The smallest absolute Gasteiger partial charge is 0.156 e. The molecular formula is C16H11N3. The first-order chi connectivity index (χ1) is 9.45. The Labute approximate surface area is 110 Å². The van der Waals surface area contributed by atoms with Gasteiger partial charge in [-0.2, -0.15) is 0 Å². The van der Waals surface area contributed by atoms with Crippen LogP contribution in [0.4, 0.5) is 0 Å². The van der Waals surface area contributed by atoms with Gasteiger partial charge in [0.05, 0.1) is 17.2 Å². The van der Waals surface area contributed by atoms with Crippen molar-refractivity contribution in [3.05, 3.63) is 67.1 Å². The molecule has 0 bridgehead atoms. The number of hydrogen-bond donors (Lipinski definition) is 0. The average Bonchev–Trinajstić information content (AvgIpc) is 2.83. The Hall–Kier alpha value is -2.68. The molecule has 3 heteroatoms. The van der Waals surface area contributed by atoms with Crippen molar-refractivity contribution in [2.24, 2.45) is 0 Å². The fraction of sp³-hybridized carbons (Fsp3) is 0. The van der Waals surface area contributed by atoms with E-state index in [-0.39, 0.29) is 0 Å². The maximum atomic E-state index is 4.42. The van der Waals surface area contributed by atoms with Crippen LogP contribution >= 0.6 is 0 Å². The molecule has 0 atom stereocenters. The lowest BCUT2D eigenvalue weighted by molar-refractivity contribution is 1.04. The van der Waals surface area contributed by atoms with E-state index in [9.17, 15) is 0 Å². The van der Waals surface area contributed by atoms with E-state index in [1.807, 2.05) is 12.1 Å². The second-order valence-corrected chi connectivity index (χ2v) is 4.43. The minimum absolute atomic E-state index is 0.847. The summed E-state index contributed by atoms with van der Waals surface area (Å²) < 4.78 is 2.15. The predicted octanol–water partition coefficient (Wildman–Crippen LogP) is 3.57. The molecule has 0 aliphatic heterocycles. The number of para-hydroxylation sites is 2. The molecular weight excluding hydrogens is 234 g/mol. The Kier molecular flexibility index (Phi) is 2.12. The topological polar surface area (TPSA) is 30.7 Å². The van der Waals surface area contributed by atoms with Crippen LogP contribution in [0.15, 0.2) is 67.1 Å². The van der Waals surface area contributed by atoms with Crippen molar-refractivity contribution in [2.75, 3.05) is 0 Å². The highest BCUT2D eigenvalue weighted by Gasteiger charge is 2.11. The van der Waals surface area contributed by atoms with Crippen molar-refractivity contribution in [1.82, 2.24) is 14.5 Å². The van der Waals surface area contributed by atoms with Crippen LogP contribution in [0.1, 0.15) is 0 Å². The SMILES string of the molecule is c1ccc2c(c1)c1ccccc1n2-c1cnccn1. The Balaban J connectivity index is 2.24. The van der Waals surface area contributed by atoms with Crippen molar-refractivity contribution >= 4 is 21.8 Å². The van der Waals surface area contributed by atoms with E-state index in [0.717, 1.165) is 16.9 Å². The molecule has 2 aromatic heterocycles. The normalized spacial score (nSPS) is 11.2. The molecule has 0 N–H and O–H groups in total. The second kappa shape index (κ2) is 3.92. The first-order valence-electron chi connectivity index (χ1n) is 6.20. The molecule has 0 radical (unpaired) electrons. The fourth-order valence-corrected chi connectivity index (χ4v) is 2.58. The van der Waals surface area contributed by atoms with Gasteiger partial charge in [-0.25, -0.2) is 4.98 Å². The lowest BCUT2D eigenvalue weighted by atomic mass is 10.2. The third-order valence-electron chi connectivity index (χ3n) is 3.36. The zero-order chi connectivity index (χ0) is 12.7. The highest BCUT2D eigenvalue weighted by molar-refractivity contribution is 6.08. The van der Waals surface area contributed by atoms with Gasteiger partial charge in [-0.05, 0) is 12.1 Å². The molecule has 0 unspecified atom stereocenters. The summed E-state index contributed by atoms with van der Waals surface area (Å²) in [6.45, 7) is 0. The molecule has 0 amide bonds. The molecule has 3 nitrogen and oxygen atoms in total. The van der Waals surface area contributed by atoms with E-state index < -0.39 is 0 Å².